The second kappa shape index (κ2) is 9.12. The van der Waals surface area contributed by atoms with Crippen LogP contribution >= 0.6 is 0 Å². The minimum absolute atomic E-state index is 0.0366. The number of ketones is 2. The largest absolute Gasteiger partial charge is 0.460 e. The van der Waals surface area contributed by atoms with Crippen LogP contribution in [0.2, 0.25) is 0 Å². The van der Waals surface area contributed by atoms with Gasteiger partial charge in [0.15, 0.2) is 12.1 Å². The number of unbranched alkanes of at least 4 members (excludes halogenated alkanes) is 1. The highest BCUT2D eigenvalue weighted by atomic mass is 16.7. The Bertz CT molecular complexity index is 1170. The zero-order chi connectivity index (χ0) is 26.8. The van der Waals surface area contributed by atoms with Gasteiger partial charge in [-0.15, -0.1) is 0 Å². The molecule has 0 amide bonds. The van der Waals surface area contributed by atoms with Crippen molar-refractivity contribution in [3.05, 3.63) is 47.5 Å². The molecule has 1 aromatic rings. The predicted octanol–water partition coefficient (Wildman–Crippen LogP) is 6.04. The first-order valence-corrected chi connectivity index (χ1v) is 14.6. The van der Waals surface area contributed by atoms with E-state index in [1.54, 1.807) is 0 Å². The third-order valence-corrected chi connectivity index (χ3v) is 11.2. The second-order valence-corrected chi connectivity index (χ2v) is 12.7. The average Bonchev–Trinajstić information content (AvgIpc) is 3.05. The molecule has 0 aromatic heterocycles. The van der Waals surface area contributed by atoms with Crippen molar-refractivity contribution in [2.75, 3.05) is 6.61 Å². The first-order chi connectivity index (χ1) is 18.2. The summed E-state index contributed by atoms with van der Waals surface area (Å²) in [5.41, 5.74) is -0.397. The minimum atomic E-state index is -1.28. The van der Waals surface area contributed by atoms with Gasteiger partial charge in [0.1, 0.15) is 5.60 Å². The van der Waals surface area contributed by atoms with Crippen molar-refractivity contribution >= 4 is 17.5 Å². The third kappa shape index (κ3) is 3.41. The van der Waals surface area contributed by atoms with E-state index < -0.39 is 34.7 Å². The topological polar surface area (TPSA) is 78.9 Å². The van der Waals surface area contributed by atoms with Crippen LogP contribution in [0.1, 0.15) is 96.8 Å². The molecule has 1 saturated heterocycles. The molecular formula is C32H40O6. The average molecular weight is 521 g/mol. The maximum atomic E-state index is 14.1. The third-order valence-electron chi connectivity index (χ3n) is 11.2. The Morgan fingerprint density at radius 1 is 0.974 bits per heavy atom. The molecule has 6 nitrogen and oxygen atoms in total. The first-order valence-electron chi connectivity index (χ1n) is 14.6. The predicted molar refractivity (Wildman–Crippen MR) is 141 cm³/mol. The van der Waals surface area contributed by atoms with Crippen LogP contribution in [0.4, 0.5) is 0 Å². The van der Waals surface area contributed by atoms with Gasteiger partial charge in [-0.05, 0) is 74.7 Å². The van der Waals surface area contributed by atoms with E-state index in [0.717, 1.165) is 50.5 Å². The zero-order valence-corrected chi connectivity index (χ0v) is 22.9. The molecule has 1 unspecified atom stereocenters. The van der Waals surface area contributed by atoms with Crippen molar-refractivity contribution in [3.63, 3.8) is 0 Å². The van der Waals surface area contributed by atoms with E-state index in [1.807, 2.05) is 43.3 Å². The van der Waals surface area contributed by atoms with E-state index in [0.29, 0.717) is 25.2 Å². The summed E-state index contributed by atoms with van der Waals surface area (Å²) in [7, 11) is 0. The quantitative estimate of drug-likeness (QED) is 0.259. The van der Waals surface area contributed by atoms with Gasteiger partial charge in [-0.1, -0.05) is 63.1 Å². The minimum Gasteiger partial charge on any atom is -0.460 e. The lowest BCUT2D eigenvalue weighted by atomic mass is 9.44. The molecule has 5 aliphatic rings. The maximum absolute atomic E-state index is 14.1. The molecule has 3 saturated carbocycles. The fourth-order valence-electron chi connectivity index (χ4n) is 9.06. The van der Waals surface area contributed by atoms with Crippen molar-refractivity contribution in [2.45, 2.75) is 102 Å². The smallest absolute Gasteiger partial charge is 0.377 e. The summed E-state index contributed by atoms with van der Waals surface area (Å²) in [6, 6.07) is 9.79. The number of allylic oxidation sites excluding steroid dienone is 1. The van der Waals surface area contributed by atoms with E-state index in [4.69, 9.17) is 14.2 Å². The van der Waals surface area contributed by atoms with E-state index in [2.05, 4.69) is 13.8 Å². The maximum Gasteiger partial charge on any atom is 0.377 e. The van der Waals surface area contributed by atoms with Gasteiger partial charge in [0, 0.05) is 17.4 Å². The molecule has 4 aliphatic carbocycles. The number of benzene rings is 1. The number of rotatable bonds is 6. The Balaban J connectivity index is 1.43. The van der Waals surface area contributed by atoms with Crippen LogP contribution in [0.3, 0.4) is 0 Å². The Morgan fingerprint density at radius 2 is 1.76 bits per heavy atom. The van der Waals surface area contributed by atoms with Gasteiger partial charge >= 0.3 is 5.97 Å². The Labute approximate surface area is 225 Å². The molecule has 6 rings (SSSR count). The molecule has 7 atom stereocenters. The molecule has 2 bridgehead atoms. The van der Waals surface area contributed by atoms with E-state index in [-0.39, 0.29) is 23.7 Å². The lowest BCUT2D eigenvalue weighted by Crippen LogP contribution is -2.71. The SMILES string of the molecule is CCCCOC(=O)C(=O)[C@@]12CC[C@@]3(OC(c4ccccc4)O1)[C@@H]1CCC4=CC(=O)CC[C@]4(C)[C@H]1CC[C@]23C. The summed E-state index contributed by atoms with van der Waals surface area (Å²) in [4.78, 5) is 39.6. The number of esters is 1. The van der Waals surface area contributed by atoms with Gasteiger partial charge in [-0.2, -0.15) is 0 Å². The first kappa shape index (κ1) is 25.9. The van der Waals surface area contributed by atoms with Crippen molar-refractivity contribution in [1.29, 1.82) is 0 Å². The highest BCUT2D eigenvalue weighted by Crippen LogP contribution is 2.74. The summed E-state index contributed by atoms with van der Waals surface area (Å²) >= 11 is 0. The number of ether oxygens (including phenoxy) is 3. The molecule has 1 aliphatic heterocycles. The van der Waals surface area contributed by atoms with Crippen LogP contribution in [0.15, 0.2) is 42.0 Å². The van der Waals surface area contributed by atoms with Crippen molar-refractivity contribution in [1.82, 2.24) is 0 Å². The standard InChI is InChI=1S/C32H40O6/c1-4-5-19-36-27(35)26(34)32-18-17-31(37-28(38-32)21-9-7-6-8-10-21)25-12-11-22-20-23(33)13-15-29(22,2)24(25)14-16-30(31,32)3/h6-10,20,24-25,28H,4-5,11-19H2,1-3H3/t24-,25+,28?,29-,30-,31+,32+/m0/s1. The molecule has 6 heteroatoms. The summed E-state index contributed by atoms with van der Waals surface area (Å²) in [5, 5.41) is 0. The van der Waals surface area contributed by atoms with Crippen LogP contribution in [0.5, 0.6) is 0 Å². The van der Waals surface area contributed by atoms with Gasteiger partial charge in [0.2, 0.25) is 0 Å². The molecule has 4 fully saturated rings. The summed E-state index contributed by atoms with van der Waals surface area (Å²) < 4.78 is 19.3. The fraction of sp³-hybridized carbons (Fsp3) is 0.656. The Morgan fingerprint density at radius 3 is 2.53 bits per heavy atom. The van der Waals surface area contributed by atoms with E-state index in [1.165, 1.54) is 5.57 Å². The highest BCUT2D eigenvalue weighted by Gasteiger charge is 2.79. The molecule has 204 valence electrons. The van der Waals surface area contributed by atoms with Gasteiger partial charge in [-0.25, -0.2) is 4.79 Å². The number of hydrogen-bond donors (Lipinski definition) is 0. The van der Waals surface area contributed by atoms with E-state index >= 15 is 0 Å². The van der Waals surface area contributed by atoms with Crippen LogP contribution in [0.25, 0.3) is 0 Å². The van der Waals surface area contributed by atoms with Gasteiger partial charge in [0.25, 0.3) is 5.78 Å². The summed E-state index contributed by atoms with van der Waals surface area (Å²) in [5.74, 6) is -0.504. The van der Waals surface area contributed by atoms with Gasteiger partial charge in [-0.3, -0.25) is 9.59 Å². The normalized spacial score (nSPS) is 41.4. The summed E-state index contributed by atoms with van der Waals surface area (Å²) in [6.45, 7) is 6.74. The Hall–Kier alpha value is -2.31. The number of hydrogen-bond acceptors (Lipinski definition) is 6. The van der Waals surface area contributed by atoms with Crippen LogP contribution in [0, 0.1) is 22.7 Å². The second-order valence-electron chi connectivity index (χ2n) is 12.7. The number of carbonyl (C=O) groups excluding carboxylic acids is 3. The van der Waals surface area contributed by atoms with Crippen LogP contribution in [-0.2, 0) is 28.6 Å². The van der Waals surface area contributed by atoms with E-state index in [9.17, 15) is 14.4 Å². The van der Waals surface area contributed by atoms with Gasteiger partial charge in [0.05, 0.1) is 12.2 Å². The lowest BCUT2D eigenvalue weighted by molar-refractivity contribution is -0.373. The molecule has 0 radical (unpaired) electrons. The number of carbonyl (C=O) groups is 3. The highest BCUT2D eigenvalue weighted by molar-refractivity contribution is 6.37. The number of Topliss-reactive ketones (excluding diaryl/α,β-unsaturated/α-hetero) is 1. The lowest BCUT2D eigenvalue weighted by Gasteiger charge is -2.66. The van der Waals surface area contributed by atoms with Crippen LogP contribution < -0.4 is 0 Å². The van der Waals surface area contributed by atoms with Crippen molar-refractivity contribution < 1.29 is 28.6 Å². The van der Waals surface area contributed by atoms with Gasteiger partial charge < -0.3 is 14.2 Å². The fourth-order valence-corrected chi connectivity index (χ4v) is 9.06. The Kier molecular flexibility index (Phi) is 6.23. The molecule has 38 heavy (non-hydrogen) atoms. The monoisotopic (exact) mass is 520 g/mol. The zero-order valence-electron chi connectivity index (χ0n) is 22.9. The van der Waals surface area contributed by atoms with Crippen LogP contribution in [-0.4, -0.2) is 35.3 Å². The molecule has 0 N–H and O–H groups in total. The molecule has 1 heterocycles. The molecule has 1 aromatic carbocycles. The van der Waals surface area contributed by atoms with Crippen molar-refractivity contribution in [3.8, 4) is 0 Å². The molecule has 0 spiro atoms. The molecular weight excluding hydrogens is 480 g/mol. The summed E-state index contributed by atoms with van der Waals surface area (Å²) in [6.07, 6.45) is 8.85. The number of fused-ring (bicyclic) bond motifs is 3. The van der Waals surface area contributed by atoms with Crippen molar-refractivity contribution in [2.24, 2.45) is 22.7 Å².